The van der Waals surface area contributed by atoms with Gasteiger partial charge in [0.1, 0.15) is 0 Å². The number of rotatable bonds is 4. The van der Waals surface area contributed by atoms with Crippen LogP contribution in [0.15, 0.2) is 48.7 Å². The Hall–Kier alpha value is -2.23. The minimum atomic E-state index is -0.423. The van der Waals surface area contributed by atoms with E-state index in [4.69, 9.17) is 4.74 Å². The lowest BCUT2D eigenvalue weighted by Gasteiger charge is -2.07. The van der Waals surface area contributed by atoms with Crippen LogP contribution in [-0.4, -0.2) is 17.2 Å². The molecule has 2 rings (SSSR count). The maximum absolute atomic E-state index is 11.5. The number of carbonyl (C=O) groups excluding carboxylic acids is 1. The molecule has 1 aromatic heterocycles. The highest BCUT2D eigenvalue weighted by molar-refractivity contribution is 5.69. The standard InChI is InChI=1S/C14H16N2O2/c1-16-11-5-8-13(16)18-14(17)15-10-9-12-6-3-2-4-7-12/h2-8,11H,9-10H2,1H3,(H,15,17). The molecule has 94 valence electrons. The first-order chi connectivity index (χ1) is 8.75. The molecule has 0 atom stereocenters. The number of hydrogen-bond donors (Lipinski definition) is 1. The highest BCUT2D eigenvalue weighted by Crippen LogP contribution is 2.09. The highest BCUT2D eigenvalue weighted by Gasteiger charge is 2.05. The Morgan fingerprint density at radius 3 is 2.67 bits per heavy atom. The first-order valence-corrected chi connectivity index (χ1v) is 5.86. The van der Waals surface area contributed by atoms with E-state index in [1.165, 1.54) is 5.56 Å². The first kappa shape index (κ1) is 12.2. The van der Waals surface area contributed by atoms with E-state index in [1.807, 2.05) is 49.6 Å². The van der Waals surface area contributed by atoms with Crippen molar-refractivity contribution in [2.24, 2.45) is 7.05 Å². The third-order valence-corrected chi connectivity index (χ3v) is 2.62. The van der Waals surface area contributed by atoms with E-state index in [-0.39, 0.29) is 0 Å². The zero-order chi connectivity index (χ0) is 12.8. The zero-order valence-corrected chi connectivity index (χ0v) is 10.3. The second kappa shape index (κ2) is 5.91. The van der Waals surface area contributed by atoms with Crippen LogP contribution in [0, 0.1) is 0 Å². The quantitative estimate of drug-likeness (QED) is 0.897. The van der Waals surface area contributed by atoms with Crippen molar-refractivity contribution in [3.8, 4) is 5.88 Å². The molecular weight excluding hydrogens is 228 g/mol. The lowest BCUT2D eigenvalue weighted by Crippen LogP contribution is -2.29. The summed E-state index contributed by atoms with van der Waals surface area (Å²) in [5.74, 6) is 0.534. The summed E-state index contributed by atoms with van der Waals surface area (Å²) in [5.41, 5.74) is 1.19. The second-order valence-corrected chi connectivity index (χ2v) is 4.01. The minimum absolute atomic E-state index is 0.423. The van der Waals surface area contributed by atoms with Crippen LogP contribution in [0.1, 0.15) is 5.56 Å². The Morgan fingerprint density at radius 1 is 1.22 bits per heavy atom. The average molecular weight is 244 g/mol. The van der Waals surface area contributed by atoms with Crippen LogP contribution in [0.3, 0.4) is 0 Å². The molecule has 0 aliphatic carbocycles. The molecule has 0 bridgehead atoms. The molecule has 0 radical (unpaired) electrons. The zero-order valence-electron chi connectivity index (χ0n) is 10.3. The molecule has 0 fully saturated rings. The maximum Gasteiger partial charge on any atom is 0.413 e. The number of aromatic nitrogens is 1. The smallest absolute Gasteiger partial charge is 0.393 e. The summed E-state index contributed by atoms with van der Waals surface area (Å²) in [5, 5.41) is 2.72. The summed E-state index contributed by atoms with van der Waals surface area (Å²) in [7, 11) is 1.83. The molecule has 0 aliphatic rings. The van der Waals surface area contributed by atoms with E-state index in [9.17, 15) is 4.79 Å². The van der Waals surface area contributed by atoms with Crippen molar-refractivity contribution in [3.63, 3.8) is 0 Å². The van der Waals surface area contributed by atoms with Gasteiger partial charge in [-0.25, -0.2) is 4.79 Å². The molecule has 0 saturated carbocycles. The van der Waals surface area contributed by atoms with Crippen LogP contribution in [0.2, 0.25) is 0 Å². The van der Waals surface area contributed by atoms with Crippen molar-refractivity contribution in [2.75, 3.05) is 6.54 Å². The van der Waals surface area contributed by atoms with Gasteiger partial charge in [0, 0.05) is 25.9 Å². The predicted molar refractivity (Wildman–Crippen MR) is 69.6 cm³/mol. The van der Waals surface area contributed by atoms with Crippen molar-refractivity contribution < 1.29 is 9.53 Å². The Balaban J connectivity index is 1.74. The first-order valence-electron chi connectivity index (χ1n) is 5.86. The van der Waals surface area contributed by atoms with E-state index < -0.39 is 6.09 Å². The molecule has 4 nitrogen and oxygen atoms in total. The molecule has 0 saturated heterocycles. The van der Waals surface area contributed by atoms with Gasteiger partial charge in [-0.15, -0.1) is 0 Å². The van der Waals surface area contributed by atoms with Gasteiger partial charge in [-0.1, -0.05) is 30.3 Å². The van der Waals surface area contributed by atoms with Gasteiger partial charge in [0.05, 0.1) is 0 Å². The third-order valence-electron chi connectivity index (χ3n) is 2.62. The number of amides is 1. The largest absolute Gasteiger partial charge is 0.413 e. The lowest BCUT2D eigenvalue weighted by molar-refractivity contribution is 0.197. The molecule has 0 unspecified atom stereocenters. The molecular formula is C14H16N2O2. The number of nitrogens with one attached hydrogen (secondary N) is 1. The van der Waals surface area contributed by atoms with Gasteiger partial charge in [-0.2, -0.15) is 0 Å². The minimum Gasteiger partial charge on any atom is -0.393 e. The average Bonchev–Trinajstić information content (AvgIpc) is 2.76. The van der Waals surface area contributed by atoms with Crippen LogP contribution < -0.4 is 10.1 Å². The van der Waals surface area contributed by atoms with Crippen molar-refractivity contribution in [1.29, 1.82) is 0 Å². The Morgan fingerprint density at radius 2 is 2.00 bits per heavy atom. The molecule has 1 N–H and O–H groups in total. The second-order valence-electron chi connectivity index (χ2n) is 4.01. The van der Waals surface area contributed by atoms with Gasteiger partial charge >= 0.3 is 6.09 Å². The molecule has 1 aromatic carbocycles. The van der Waals surface area contributed by atoms with E-state index in [2.05, 4.69) is 5.32 Å². The maximum atomic E-state index is 11.5. The monoisotopic (exact) mass is 244 g/mol. The molecule has 4 heteroatoms. The Kier molecular flexibility index (Phi) is 4.02. The van der Waals surface area contributed by atoms with Crippen molar-refractivity contribution in [3.05, 3.63) is 54.2 Å². The molecule has 1 heterocycles. The highest BCUT2D eigenvalue weighted by atomic mass is 16.6. The summed E-state index contributed by atoms with van der Waals surface area (Å²) in [6, 6.07) is 13.6. The molecule has 18 heavy (non-hydrogen) atoms. The Labute approximate surface area is 106 Å². The van der Waals surface area contributed by atoms with Crippen LogP contribution in [0.5, 0.6) is 5.88 Å². The summed E-state index contributed by atoms with van der Waals surface area (Å²) >= 11 is 0. The molecule has 2 aromatic rings. The van der Waals surface area contributed by atoms with Gasteiger partial charge in [0.15, 0.2) is 0 Å². The molecule has 0 aliphatic heterocycles. The summed E-state index contributed by atoms with van der Waals surface area (Å²) in [4.78, 5) is 11.5. The molecule has 1 amide bonds. The fourth-order valence-corrected chi connectivity index (χ4v) is 1.64. The lowest BCUT2D eigenvalue weighted by atomic mass is 10.1. The van der Waals surface area contributed by atoms with Gasteiger partial charge in [0.25, 0.3) is 0 Å². The van der Waals surface area contributed by atoms with E-state index >= 15 is 0 Å². The SMILES string of the molecule is Cn1cccc1OC(=O)NCCc1ccccc1. The van der Waals surface area contributed by atoms with Crippen LogP contribution in [0.25, 0.3) is 0 Å². The van der Waals surface area contributed by atoms with Crippen molar-refractivity contribution in [2.45, 2.75) is 6.42 Å². The van der Waals surface area contributed by atoms with Gasteiger partial charge in [-0.05, 0) is 18.1 Å². The summed E-state index contributed by atoms with van der Waals surface area (Å²) < 4.78 is 6.88. The van der Waals surface area contributed by atoms with E-state index in [0.29, 0.717) is 12.4 Å². The van der Waals surface area contributed by atoms with Gasteiger partial charge < -0.3 is 14.6 Å². The molecule has 0 spiro atoms. The number of carbonyl (C=O) groups is 1. The number of nitrogens with zero attached hydrogens (tertiary/aromatic N) is 1. The number of ether oxygens (including phenoxy) is 1. The predicted octanol–water partition coefficient (Wildman–Crippen LogP) is 2.36. The summed E-state index contributed by atoms with van der Waals surface area (Å²) in [6.07, 6.45) is 2.20. The number of hydrogen-bond acceptors (Lipinski definition) is 2. The third kappa shape index (κ3) is 3.38. The van der Waals surface area contributed by atoms with Gasteiger partial charge in [0.2, 0.25) is 5.88 Å². The normalized spacial score (nSPS) is 10.1. The van der Waals surface area contributed by atoms with Crippen LogP contribution >= 0.6 is 0 Å². The van der Waals surface area contributed by atoms with Crippen LogP contribution in [0.4, 0.5) is 4.79 Å². The van der Waals surface area contributed by atoms with E-state index in [1.54, 1.807) is 10.6 Å². The topological polar surface area (TPSA) is 43.3 Å². The van der Waals surface area contributed by atoms with Gasteiger partial charge in [-0.3, -0.25) is 0 Å². The van der Waals surface area contributed by atoms with E-state index in [0.717, 1.165) is 6.42 Å². The fourth-order valence-electron chi connectivity index (χ4n) is 1.64. The fraction of sp³-hybridized carbons (Fsp3) is 0.214. The van der Waals surface area contributed by atoms with Crippen molar-refractivity contribution >= 4 is 6.09 Å². The number of aryl methyl sites for hydroxylation is 1. The summed E-state index contributed by atoms with van der Waals surface area (Å²) in [6.45, 7) is 0.563. The van der Waals surface area contributed by atoms with Crippen molar-refractivity contribution in [1.82, 2.24) is 9.88 Å². The van der Waals surface area contributed by atoms with Crippen LogP contribution in [-0.2, 0) is 13.5 Å². The number of benzene rings is 1. The Bertz CT molecular complexity index is 506.